The number of hydrogen-bond donors (Lipinski definition) is 13. The van der Waals surface area contributed by atoms with E-state index >= 15 is 14.4 Å². The van der Waals surface area contributed by atoms with Gasteiger partial charge in [-0.1, -0.05) is 78.4 Å². The van der Waals surface area contributed by atoms with Gasteiger partial charge in [0.25, 0.3) is 0 Å². The molecule has 9 amide bonds. The van der Waals surface area contributed by atoms with Gasteiger partial charge >= 0.3 is 0 Å². The molecule has 1 aliphatic heterocycles. The average molecular weight is 1670 g/mol. The monoisotopic (exact) mass is 1670 g/mol. The van der Waals surface area contributed by atoms with Gasteiger partial charge in [0, 0.05) is 81.2 Å². The standard InChI is InChI=1S/C75H97BrFN17O19S/c1-45(2)66-73(104)81-46(3)69(100)85-59(37-47-12-17-52(95)18-13-47)70(101)84-58(67(78)99)11-7-8-24-94-43-51(88-92-94)41-61(72(103)86-60(39-49-42-80-57-10-6-5-9-54(49)57)71(102)87-62(75(105)93(66)4)38-48-14-19-53(96)20-15-48)83-63(97)22-25-107-27-29-109-31-33-111-35-36-112-34-32-110-30-28-108-26-23-79-64(98)44-114-74-65(90-113-91-74)68(89-106)82-50-16-21-56(77)55(76)40-50/h5-6,9-10,12-21,40,42-43,45-46,58-62,66,80,95-96,106H,7-8,11,22-39,41,44H2,1-4H3,(H2,78,99)(H,79,98)(H,81,104)(H,82,89)(H,83,97)(H,84,101)(H,85,100)(H,86,103)(H,87,102)/t46-,58+,59-,60-,61+,62-,66-/m1/s1. The number of likely N-dealkylation sites (N-methyl/N-ethyl adjacent to an activating group) is 1. The predicted molar refractivity (Wildman–Crippen MR) is 415 cm³/mol. The molecular weight excluding hydrogens is 1570 g/mol. The molecule has 1 aliphatic rings. The Morgan fingerprint density at radius 3 is 1.92 bits per heavy atom. The van der Waals surface area contributed by atoms with Crippen molar-refractivity contribution in [2.45, 2.75) is 126 Å². The molecule has 0 radical (unpaired) electrons. The highest BCUT2D eigenvalue weighted by atomic mass is 79.9. The first-order chi connectivity index (χ1) is 54.9. The van der Waals surface area contributed by atoms with E-state index in [2.05, 4.69) is 89.2 Å². The van der Waals surface area contributed by atoms with Crippen LogP contribution in [0.4, 0.5) is 10.1 Å². The maximum Gasteiger partial charge on any atom is 0.245 e. The quantitative estimate of drug-likeness (QED) is 0.00677. The first-order valence-electron chi connectivity index (χ1n) is 36.9. The van der Waals surface area contributed by atoms with Crippen molar-refractivity contribution < 1.29 is 96.0 Å². The zero-order valence-electron chi connectivity index (χ0n) is 63.4. The van der Waals surface area contributed by atoms with Crippen LogP contribution >= 0.6 is 27.7 Å². The Labute approximate surface area is 668 Å². The number of H-pyrrole nitrogens is 1. The number of amidine groups is 1. The molecule has 0 saturated heterocycles. The number of aromatic amines is 1. The number of carbonyl (C=O) groups is 9. The molecule has 3 aromatic heterocycles. The minimum Gasteiger partial charge on any atom is -0.508 e. The number of fused-ring (bicyclic) bond motifs is 3. The van der Waals surface area contributed by atoms with Crippen molar-refractivity contribution in [1.29, 1.82) is 0 Å². The number of aromatic nitrogens is 6. The Kier molecular flexibility index (Phi) is 36.2. The smallest absolute Gasteiger partial charge is 0.245 e. The van der Waals surface area contributed by atoms with Crippen LogP contribution in [-0.4, -0.2) is 251 Å². The molecule has 2 bridgehead atoms. The summed E-state index contributed by atoms with van der Waals surface area (Å²) in [5, 5.41) is 72.1. The van der Waals surface area contributed by atoms with Crippen molar-refractivity contribution in [1.82, 2.24) is 72.4 Å². The molecule has 616 valence electrons. The second-order valence-electron chi connectivity index (χ2n) is 26.8. The summed E-state index contributed by atoms with van der Waals surface area (Å²) in [6, 6.07) is 13.8. The third-order valence-electron chi connectivity index (χ3n) is 17.8. The van der Waals surface area contributed by atoms with E-state index in [1.54, 1.807) is 50.5 Å². The van der Waals surface area contributed by atoms with Crippen LogP contribution in [0.25, 0.3) is 10.9 Å². The molecule has 0 aliphatic carbocycles. The number of nitrogens with zero attached hydrogens (tertiary/aromatic N) is 7. The molecule has 36 nitrogen and oxygen atoms in total. The maximum atomic E-state index is 15.2. The number of primary amides is 1. The van der Waals surface area contributed by atoms with E-state index in [9.17, 15) is 48.6 Å². The third-order valence-corrected chi connectivity index (χ3v) is 19.4. The number of phenols is 2. The van der Waals surface area contributed by atoms with Crippen molar-refractivity contribution in [2.75, 3.05) is 104 Å². The third kappa shape index (κ3) is 29.1. The van der Waals surface area contributed by atoms with Crippen LogP contribution in [0.2, 0.25) is 0 Å². The second kappa shape index (κ2) is 46.5. The Morgan fingerprint density at radius 1 is 0.711 bits per heavy atom. The molecule has 39 heteroatoms. The largest absolute Gasteiger partial charge is 0.508 e. The number of aryl methyl sites for hydroxylation is 1. The number of para-hydroxylation sites is 1. The molecule has 0 fully saturated rings. The fourth-order valence-electron chi connectivity index (χ4n) is 11.9. The average Bonchev–Trinajstić information content (AvgIpc) is 1.65. The molecule has 14 N–H and O–H groups in total. The fourth-order valence-corrected chi connectivity index (χ4v) is 13.0. The number of amides is 9. The fraction of sp³-hybridized carbons (Fsp3) is 0.467. The van der Waals surface area contributed by atoms with Gasteiger partial charge in [-0.05, 0) is 124 Å². The van der Waals surface area contributed by atoms with Crippen LogP contribution in [0.1, 0.15) is 74.5 Å². The van der Waals surface area contributed by atoms with E-state index in [4.69, 9.17) is 38.8 Å². The molecule has 8 rings (SSSR count). The summed E-state index contributed by atoms with van der Waals surface area (Å²) in [7, 11) is 1.37. The van der Waals surface area contributed by atoms with Gasteiger partial charge < -0.3 is 102 Å². The van der Waals surface area contributed by atoms with Gasteiger partial charge in [-0.3, -0.25) is 47.8 Å². The van der Waals surface area contributed by atoms with E-state index in [-0.39, 0.29) is 148 Å². The predicted octanol–water partition coefficient (Wildman–Crippen LogP) is 2.45. The molecule has 0 saturated carbocycles. The second-order valence-corrected chi connectivity index (χ2v) is 28.6. The van der Waals surface area contributed by atoms with Gasteiger partial charge in [0.2, 0.25) is 59.0 Å². The molecule has 0 unspecified atom stereocenters. The van der Waals surface area contributed by atoms with Gasteiger partial charge in [-0.15, -0.1) is 5.10 Å². The van der Waals surface area contributed by atoms with Crippen LogP contribution < -0.4 is 48.3 Å². The number of anilines is 1. The van der Waals surface area contributed by atoms with E-state index in [0.717, 1.165) is 27.6 Å². The van der Waals surface area contributed by atoms with Crippen molar-refractivity contribution in [3.8, 4) is 11.5 Å². The maximum absolute atomic E-state index is 15.2. The number of nitrogens with one attached hydrogen (secondary N) is 9. The van der Waals surface area contributed by atoms with Gasteiger partial charge in [-0.2, -0.15) is 0 Å². The topological polar surface area (TPSA) is 493 Å². The van der Waals surface area contributed by atoms with Crippen molar-refractivity contribution in [3.05, 3.63) is 142 Å². The van der Waals surface area contributed by atoms with Gasteiger partial charge in [-0.25, -0.2) is 9.02 Å². The Hall–Kier alpha value is -10.7. The van der Waals surface area contributed by atoms with E-state index in [0.29, 0.717) is 68.3 Å². The summed E-state index contributed by atoms with van der Waals surface area (Å²) >= 11 is 4.09. The zero-order valence-corrected chi connectivity index (χ0v) is 65.8. The number of aromatic hydroxyl groups is 2. The summed E-state index contributed by atoms with van der Waals surface area (Å²) in [4.78, 5) is 132. The lowest BCUT2D eigenvalue weighted by atomic mass is 9.98. The zero-order chi connectivity index (χ0) is 81.9. The summed E-state index contributed by atoms with van der Waals surface area (Å²) in [5.41, 5.74) is 8.89. The van der Waals surface area contributed by atoms with Gasteiger partial charge in [0.05, 0.1) is 95.2 Å². The number of carbonyl (C=O) groups excluding carboxylic acids is 9. The first-order valence-corrected chi connectivity index (χ1v) is 38.7. The van der Waals surface area contributed by atoms with Crippen molar-refractivity contribution in [2.24, 2.45) is 16.8 Å². The summed E-state index contributed by atoms with van der Waals surface area (Å²) in [6.45, 7) is 7.94. The van der Waals surface area contributed by atoms with Crippen LogP contribution in [0.5, 0.6) is 11.5 Å². The normalized spacial score (nSPS) is 18.8. The summed E-state index contributed by atoms with van der Waals surface area (Å²) < 4.78 is 53.8. The number of rotatable bonds is 35. The minimum absolute atomic E-state index is 0.0429. The number of nitrogens with two attached hydrogens (primary N) is 1. The summed E-state index contributed by atoms with van der Waals surface area (Å²) in [6.07, 6.45) is 3.19. The number of benzene rings is 4. The van der Waals surface area contributed by atoms with Crippen LogP contribution in [0.15, 0.2) is 123 Å². The highest BCUT2D eigenvalue weighted by Gasteiger charge is 2.38. The van der Waals surface area contributed by atoms with E-state index < -0.39 is 101 Å². The molecule has 4 heterocycles. The number of halogens is 2. The number of phenolic OH excluding ortho intramolecular Hbond substituents is 2. The van der Waals surface area contributed by atoms with Gasteiger partial charge in [0.15, 0.2) is 10.7 Å². The molecule has 114 heavy (non-hydrogen) atoms. The van der Waals surface area contributed by atoms with E-state index in [1.165, 1.54) is 61.1 Å². The lowest BCUT2D eigenvalue weighted by molar-refractivity contribution is -0.144. The first kappa shape index (κ1) is 88.9. The highest BCUT2D eigenvalue weighted by molar-refractivity contribution is 9.10. The van der Waals surface area contributed by atoms with Crippen LogP contribution in [-0.2, 0) is 104 Å². The van der Waals surface area contributed by atoms with Crippen molar-refractivity contribution >= 4 is 103 Å². The number of thioether (sulfide) groups is 1. The molecule has 4 aromatic carbocycles. The van der Waals surface area contributed by atoms with Gasteiger partial charge in [0.1, 0.15) is 59.6 Å². The summed E-state index contributed by atoms with van der Waals surface area (Å²) in [5.74, 6) is -7.88. The van der Waals surface area contributed by atoms with Crippen LogP contribution in [0, 0.1) is 11.7 Å². The Morgan fingerprint density at radius 2 is 1.30 bits per heavy atom. The number of oxime groups is 1. The molecule has 7 aromatic rings. The van der Waals surface area contributed by atoms with E-state index in [1.807, 2.05) is 24.3 Å². The Bertz CT molecular complexity index is 4330. The SMILES string of the molecule is CC(C)[C@@H]1C(=O)N[C@H](C)C(=O)N[C@H](Cc2ccc(O)cc2)C(=O)N[C@H](C(N)=O)CCCCn2cc(nn2)C[C@H](NC(=O)CCOCCOCCOCCOCCOCCOCCNC(=O)CSc2nonc2/C(=N/O)Nc2ccc(F)c(Br)c2)C(=O)N[C@H](Cc2c[nH]c3ccccc23)C(=O)N[C@H](Cc2ccc(O)cc2)C(=O)N1C. The lowest BCUT2D eigenvalue weighted by Crippen LogP contribution is -2.61. The van der Waals surface area contributed by atoms with Crippen LogP contribution in [0.3, 0.4) is 0 Å². The number of hydrogen-bond acceptors (Lipinski definition) is 25. The molecule has 7 atom stereocenters. The van der Waals surface area contributed by atoms with Crippen molar-refractivity contribution in [3.63, 3.8) is 0 Å². The minimum atomic E-state index is -1.44. The highest BCUT2D eigenvalue weighted by Crippen LogP contribution is 2.26. The molecular formula is C75H97BrFN17O19S. The lowest BCUT2D eigenvalue weighted by Gasteiger charge is -2.34. The number of ether oxygens (including phenoxy) is 6. The molecule has 0 spiro atoms. The Balaban J connectivity index is 0.822.